The molecule has 0 radical (unpaired) electrons. The predicted octanol–water partition coefficient (Wildman–Crippen LogP) is 6.56. The van der Waals surface area contributed by atoms with Gasteiger partial charge >= 0.3 is 5.97 Å². The summed E-state index contributed by atoms with van der Waals surface area (Å²) in [6.45, 7) is 8.93. The second-order valence-corrected chi connectivity index (χ2v) is 10.7. The molecule has 4 aromatic carbocycles. The van der Waals surface area contributed by atoms with E-state index in [0.717, 1.165) is 28.7 Å². The average molecular weight is 512 g/mol. The Bertz CT molecular complexity index is 1410. The molecule has 5 nitrogen and oxygen atoms in total. The summed E-state index contributed by atoms with van der Waals surface area (Å²) in [5.74, 6) is -0.945. The lowest BCUT2D eigenvalue weighted by molar-refractivity contribution is -0.00438. The van der Waals surface area contributed by atoms with Crippen LogP contribution in [0.25, 0.3) is 21.9 Å². The minimum atomic E-state index is -0.945. The van der Waals surface area contributed by atoms with E-state index in [1.165, 1.54) is 16.3 Å². The number of rotatable bonds is 11. The summed E-state index contributed by atoms with van der Waals surface area (Å²) >= 11 is 0. The van der Waals surface area contributed by atoms with Crippen molar-refractivity contribution in [1.82, 2.24) is 5.32 Å². The summed E-state index contributed by atoms with van der Waals surface area (Å²) in [6.07, 6.45) is -0.0291. The van der Waals surface area contributed by atoms with E-state index in [9.17, 15) is 15.0 Å². The second kappa shape index (κ2) is 11.9. The van der Waals surface area contributed by atoms with Crippen LogP contribution in [0.2, 0.25) is 0 Å². The maximum Gasteiger partial charge on any atom is 0.335 e. The van der Waals surface area contributed by atoms with Gasteiger partial charge in [-0.1, -0.05) is 66.7 Å². The highest BCUT2D eigenvalue weighted by atomic mass is 16.5. The molecular formula is C33H37NO4. The molecule has 2 atom stereocenters. The number of carboxylic acid groups (broad SMARTS) is 1. The molecule has 0 aliphatic heterocycles. The van der Waals surface area contributed by atoms with Gasteiger partial charge in [0.1, 0.15) is 0 Å². The molecule has 0 aliphatic carbocycles. The highest BCUT2D eigenvalue weighted by Crippen LogP contribution is 2.28. The number of β-amino-alcohol motifs (C(OH)–C–C–N with tert-alkyl or cyclic N) is 1. The molecule has 38 heavy (non-hydrogen) atoms. The molecule has 5 heteroatoms. The highest BCUT2D eigenvalue weighted by molar-refractivity contribution is 5.89. The number of carbonyl (C=O) groups is 1. The van der Waals surface area contributed by atoms with Crippen molar-refractivity contribution in [2.24, 2.45) is 0 Å². The number of hydrogen-bond acceptors (Lipinski definition) is 4. The van der Waals surface area contributed by atoms with Crippen LogP contribution < -0.4 is 5.32 Å². The van der Waals surface area contributed by atoms with E-state index in [1.54, 1.807) is 18.2 Å². The maximum absolute atomic E-state index is 11.4. The molecule has 0 spiro atoms. The fraction of sp³-hybridized carbons (Fsp3) is 0.303. The monoisotopic (exact) mass is 511 g/mol. The quantitative estimate of drug-likeness (QED) is 0.212. The Morgan fingerprint density at radius 3 is 2.42 bits per heavy atom. The SMILES string of the molecule is Cc1ccc(-c2cccc(C(=O)O)c2)cc1C(C)OC[C@H](O)CNC(C)(C)Cc1ccc2ccccc2c1. The number of aliphatic hydroxyl groups excluding tert-OH is 1. The average Bonchev–Trinajstić information content (AvgIpc) is 2.90. The van der Waals surface area contributed by atoms with E-state index < -0.39 is 12.1 Å². The molecule has 0 aromatic heterocycles. The van der Waals surface area contributed by atoms with Crippen molar-refractivity contribution in [3.8, 4) is 11.1 Å². The third-order valence-electron chi connectivity index (χ3n) is 6.97. The first-order valence-corrected chi connectivity index (χ1v) is 13.1. The molecule has 0 saturated carbocycles. The molecule has 0 heterocycles. The third-order valence-corrected chi connectivity index (χ3v) is 6.97. The number of benzene rings is 4. The molecule has 0 fully saturated rings. The number of aromatic carboxylic acids is 1. The number of fused-ring (bicyclic) bond motifs is 1. The van der Waals surface area contributed by atoms with Crippen LogP contribution in [0.15, 0.2) is 84.9 Å². The number of ether oxygens (including phenoxy) is 1. The van der Waals surface area contributed by atoms with Crippen molar-refractivity contribution in [1.29, 1.82) is 0 Å². The fourth-order valence-corrected chi connectivity index (χ4v) is 4.81. The highest BCUT2D eigenvalue weighted by Gasteiger charge is 2.20. The lowest BCUT2D eigenvalue weighted by Gasteiger charge is -2.28. The predicted molar refractivity (Wildman–Crippen MR) is 154 cm³/mol. The Morgan fingerprint density at radius 1 is 0.921 bits per heavy atom. The van der Waals surface area contributed by atoms with Crippen LogP contribution in [0.5, 0.6) is 0 Å². The third kappa shape index (κ3) is 7.07. The van der Waals surface area contributed by atoms with Crippen molar-refractivity contribution in [2.75, 3.05) is 13.2 Å². The van der Waals surface area contributed by atoms with E-state index in [1.807, 2.05) is 38.1 Å². The molecule has 198 valence electrons. The Kier molecular flexibility index (Phi) is 8.62. The summed E-state index contributed by atoms with van der Waals surface area (Å²) in [4.78, 5) is 11.4. The fourth-order valence-electron chi connectivity index (χ4n) is 4.81. The largest absolute Gasteiger partial charge is 0.478 e. The topological polar surface area (TPSA) is 78.8 Å². The standard InChI is InChI=1S/C33H37NO4/c1-22-12-14-28(27-10-7-11-29(17-27)32(36)37)18-31(22)23(2)38-21-30(35)20-34-33(3,4)19-24-13-15-25-8-5-6-9-26(25)16-24/h5-18,23,30,34-35H,19-21H2,1-4H3,(H,36,37)/t23?,30-/m1/s1. The van der Waals surface area contributed by atoms with Gasteiger partial charge in [-0.3, -0.25) is 0 Å². The van der Waals surface area contributed by atoms with Crippen LogP contribution in [0.4, 0.5) is 0 Å². The van der Waals surface area contributed by atoms with Crippen LogP contribution in [-0.4, -0.2) is 41.0 Å². The Balaban J connectivity index is 1.33. The summed E-state index contributed by atoms with van der Waals surface area (Å²) in [6, 6.07) is 27.9. The van der Waals surface area contributed by atoms with Gasteiger partial charge in [0.25, 0.3) is 0 Å². The molecule has 0 saturated heterocycles. The van der Waals surface area contributed by atoms with Gasteiger partial charge in [0.15, 0.2) is 0 Å². The Labute approximate surface area is 225 Å². The van der Waals surface area contributed by atoms with Gasteiger partial charge in [0.05, 0.1) is 24.4 Å². The van der Waals surface area contributed by atoms with Crippen LogP contribution in [0.3, 0.4) is 0 Å². The first kappa shape index (κ1) is 27.5. The summed E-state index contributed by atoms with van der Waals surface area (Å²) in [5, 5.41) is 25.9. The van der Waals surface area contributed by atoms with E-state index in [-0.39, 0.29) is 23.8 Å². The van der Waals surface area contributed by atoms with Gasteiger partial charge in [0, 0.05) is 12.1 Å². The first-order valence-electron chi connectivity index (χ1n) is 13.1. The van der Waals surface area contributed by atoms with Gasteiger partial charge in [-0.2, -0.15) is 0 Å². The van der Waals surface area contributed by atoms with Gasteiger partial charge < -0.3 is 20.3 Å². The van der Waals surface area contributed by atoms with Crippen molar-refractivity contribution in [3.05, 3.63) is 107 Å². The Hall–Kier alpha value is -3.51. The number of aryl methyl sites for hydroxylation is 1. The van der Waals surface area contributed by atoms with Crippen LogP contribution in [0.1, 0.15) is 53.9 Å². The molecule has 1 unspecified atom stereocenters. The van der Waals surface area contributed by atoms with Crippen LogP contribution in [0, 0.1) is 6.92 Å². The molecule has 0 amide bonds. The van der Waals surface area contributed by atoms with Gasteiger partial charge in [-0.15, -0.1) is 0 Å². The molecule has 4 rings (SSSR count). The van der Waals surface area contributed by atoms with Gasteiger partial charge in [-0.05, 0) is 90.9 Å². The molecule has 0 bridgehead atoms. The van der Waals surface area contributed by atoms with Crippen molar-refractivity contribution in [3.63, 3.8) is 0 Å². The Morgan fingerprint density at radius 2 is 1.66 bits per heavy atom. The van der Waals surface area contributed by atoms with Crippen molar-refractivity contribution >= 4 is 16.7 Å². The number of hydrogen-bond donors (Lipinski definition) is 3. The van der Waals surface area contributed by atoms with Crippen molar-refractivity contribution in [2.45, 2.75) is 51.9 Å². The van der Waals surface area contributed by atoms with E-state index in [4.69, 9.17) is 4.74 Å². The summed E-state index contributed by atoms with van der Waals surface area (Å²) < 4.78 is 6.07. The minimum absolute atomic E-state index is 0.190. The molecule has 3 N–H and O–H groups in total. The lowest BCUT2D eigenvalue weighted by Crippen LogP contribution is -2.46. The number of aliphatic hydroxyl groups is 1. The van der Waals surface area contributed by atoms with E-state index in [0.29, 0.717) is 6.54 Å². The van der Waals surface area contributed by atoms with Gasteiger partial charge in [-0.25, -0.2) is 4.79 Å². The molecular weight excluding hydrogens is 474 g/mol. The smallest absolute Gasteiger partial charge is 0.335 e. The first-order chi connectivity index (χ1) is 18.1. The summed E-state index contributed by atoms with van der Waals surface area (Å²) in [5.41, 5.74) is 5.19. The lowest BCUT2D eigenvalue weighted by atomic mass is 9.93. The minimum Gasteiger partial charge on any atom is -0.478 e. The van der Waals surface area contributed by atoms with Crippen LogP contribution >= 0.6 is 0 Å². The zero-order valence-electron chi connectivity index (χ0n) is 22.6. The van der Waals surface area contributed by atoms with E-state index >= 15 is 0 Å². The normalized spacial score (nSPS) is 13.4. The maximum atomic E-state index is 11.4. The molecule has 0 aliphatic rings. The summed E-state index contributed by atoms with van der Waals surface area (Å²) in [7, 11) is 0. The molecule has 4 aromatic rings. The van der Waals surface area contributed by atoms with E-state index in [2.05, 4.69) is 61.6 Å². The zero-order valence-corrected chi connectivity index (χ0v) is 22.6. The number of nitrogens with one attached hydrogen (secondary N) is 1. The van der Waals surface area contributed by atoms with Crippen LogP contribution in [-0.2, 0) is 11.2 Å². The number of carboxylic acids is 1. The van der Waals surface area contributed by atoms with Gasteiger partial charge in [0.2, 0.25) is 0 Å². The second-order valence-electron chi connectivity index (χ2n) is 10.7. The zero-order chi connectivity index (χ0) is 27.3. The van der Waals surface area contributed by atoms with Crippen molar-refractivity contribution < 1.29 is 19.7 Å².